The predicted octanol–water partition coefficient (Wildman–Crippen LogP) is 3.53. The quantitative estimate of drug-likeness (QED) is 0.862. The summed E-state index contributed by atoms with van der Waals surface area (Å²) in [6.07, 6.45) is 0. The lowest BCUT2D eigenvalue weighted by molar-refractivity contribution is 0.101. The van der Waals surface area contributed by atoms with Gasteiger partial charge in [0.05, 0.1) is 0 Å². The van der Waals surface area contributed by atoms with Crippen LogP contribution in [0.2, 0.25) is 0 Å². The van der Waals surface area contributed by atoms with Gasteiger partial charge in [0.2, 0.25) is 0 Å². The summed E-state index contributed by atoms with van der Waals surface area (Å²) in [6, 6.07) is 10.3. The second-order valence-corrected chi connectivity index (χ2v) is 4.60. The lowest BCUT2D eigenvalue weighted by atomic mass is 9.87. The largest absolute Gasteiger partial charge is 0.381 e. The molecule has 0 aromatic heterocycles. The standard InChI is InChI=1S/C15H14F2O/c1-10-4-3-5-11(6-10)15(2,18)12-7-13(16)9-14(17)8-12/h3-9,18H,1-2H3. The van der Waals surface area contributed by atoms with E-state index in [0.29, 0.717) is 5.56 Å². The second kappa shape index (κ2) is 4.50. The summed E-state index contributed by atoms with van der Waals surface area (Å²) in [5, 5.41) is 10.5. The average Bonchev–Trinajstić information content (AvgIpc) is 2.27. The van der Waals surface area contributed by atoms with E-state index in [4.69, 9.17) is 0 Å². The Hall–Kier alpha value is -1.74. The van der Waals surface area contributed by atoms with E-state index in [2.05, 4.69) is 0 Å². The van der Waals surface area contributed by atoms with Gasteiger partial charge in [0, 0.05) is 6.07 Å². The summed E-state index contributed by atoms with van der Waals surface area (Å²) in [7, 11) is 0. The highest BCUT2D eigenvalue weighted by atomic mass is 19.1. The van der Waals surface area contributed by atoms with Crippen LogP contribution in [-0.4, -0.2) is 5.11 Å². The van der Waals surface area contributed by atoms with Gasteiger partial charge in [-0.15, -0.1) is 0 Å². The van der Waals surface area contributed by atoms with Gasteiger partial charge in [0.15, 0.2) is 0 Å². The number of aryl methyl sites for hydroxylation is 1. The van der Waals surface area contributed by atoms with Crippen molar-refractivity contribution in [1.82, 2.24) is 0 Å². The van der Waals surface area contributed by atoms with Gasteiger partial charge in [-0.1, -0.05) is 29.8 Å². The van der Waals surface area contributed by atoms with E-state index >= 15 is 0 Å². The molecule has 1 nitrogen and oxygen atoms in total. The fourth-order valence-corrected chi connectivity index (χ4v) is 1.95. The minimum Gasteiger partial charge on any atom is -0.381 e. The Morgan fingerprint density at radius 1 is 0.944 bits per heavy atom. The molecule has 0 radical (unpaired) electrons. The fourth-order valence-electron chi connectivity index (χ4n) is 1.95. The number of hydrogen-bond donors (Lipinski definition) is 1. The Bertz CT molecular complexity index is 556. The zero-order chi connectivity index (χ0) is 13.3. The average molecular weight is 248 g/mol. The molecule has 0 heterocycles. The molecule has 0 spiro atoms. The van der Waals surface area contributed by atoms with Crippen LogP contribution >= 0.6 is 0 Å². The Morgan fingerprint density at radius 3 is 2.11 bits per heavy atom. The molecule has 2 rings (SSSR count). The van der Waals surface area contributed by atoms with Crippen LogP contribution in [0.4, 0.5) is 8.78 Å². The van der Waals surface area contributed by atoms with E-state index in [-0.39, 0.29) is 5.56 Å². The molecule has 1 N–H and O–H groups in total. The molecular formula is C15H14F2O. The molecule has 1 atom stereocenters. The summed E-state index contributed by atoms with van der Waals surface area (Å²) in [4.78, 5) is 0. The van der Waals surface area contributed by atoms with E-state index in [1.54, 1.807) is 18.2 Å². The summed E-state index contributed by atoms with van der Waals surface area (Å²) in [5.41, 5.74) is 0.359. The lowest BCUT2D eigenvalue weighted by Crippen LogP contribution is -2.23. The molecule has 0 bridgehead atoms. The van der Waals surface area contributed by atoms with E-state index in [0.717, 1.165) is 23.8 Å². The highest BCUT2D eigenvalue weighted by molar-refractivity contribution is 5.37. The Balaban J connectivity index is 2.53. The lowest BCUT2D eigenvalue weighted by Gasteiger charge is -2.25. The number of rotatable bonds is 2. The van der Waals surface area contributed by atoms with Crippen molar-refractivity contribution in [3.8, 4) is 0 Å². The van der Waals surface area contributed by atoms with Gasteiger partial charge < -0.3 is 5.11 Å². The molecule has 18 heavy (non-hydrogen) atoms. The number of aliphatic hydroxyl groups is 1. The van der Waals surface area contributed by atoms with Crippen molar-refractivity contribution < 1.29 is 13.9 Å². The topological polar surface area (TPSA) is 20.2 Å². The molecule has 2 aromatic carbocycles. The molecular weight excluding hydrogens is 234 g/mol. The van der Waals surface area contributed by atoms with Gasteiger partial charge in [0.25, 0.3) is 0 Å². The van der Waals surface area contributed by atoms with Crippen molar-refractivity contribution in [3.63, 3.8) is 0 Å². The van der Waals surface area contributed by atoms with Crippen LogP contribution in [0.1, 0.15) is 23.6 Å². The summed E-state index contributed by atoms with van der Waals surface area (Å²) in [5.74, 6) is -1.39. The summed E-state index contributed by atoms with van der Waals surface area (Å²) < 4.78 is 26.4. The van der Waals surface area contributed by atoms with Gasteiger partial charge in [-0.2, -0.15) is 0 Å². The maximum absolute atomic E-state index is 13.2. The molecule has 3 heteroatoms. The first kappa shape index (κ1) is 12.7. The number of halogens is 2. The Morgan fingerprint density at radius 2 is 1.56 bits per heavy atom. The maximum atomic E-state index is 13.2. The van der Waals surface area contributed by atoms with Gasteiger partial charge in [-0.25, -0.2) is 8.78 Å². The normalized spacial score (nSPS) is 14.3. The van der Waals surface area contributed by atoms with Gasteiger partial charge >= 0.3 is 0 Å². The van der Waals surface area contributed by atoms with E-state index in [1.807, 2.05) is 13.0 Å². The molecule has 0 amide bonds. The minimum atomic E-state index is -1.42. The van der Waals surface area contributed by atoms with Crippen molar-refractivity contribution in [2.24, 2.45) is 0 Å². The SMILES string of the molecule is Cc1cccc(C(C)(O)c2cc(F)cc(F)c2)c1. The molecule has 0 fully saturated rings. The first-order valence-electron chi connectivity index (χ1n) is 5.65. The van der Waals surface area contributed by atoms with Crippen LogP contribution in [0, 0.1) is 18.6 Å². The first-order valence-corrected chi connectivity index (χ1v) is 5.65. The smallest absolute Gasteiger partial charge is 0.126 e. The highest BCUT2D eigenvalue weighted by Crippen LogP contribution is 2.30. The molecule has 1 unspecified atom stereocenters. The second-order valence-electron chi connectivity index (χ2n) is 4.60. The molecule has 0 aliphatic carbocycles. The van der Waals surface area contributed by atoms with Gasteiger partial charge in [-0.05, 0) is 37.1 Å². The molecule has 0 aliphatic rings. The monoisotopic (exact) mass is 248 g/mol. The van der Waals surface area contributed by atoms with Crippen LogP contribution in [0.5, 0.6) is 0 Å². The molecule has 0 aliphatic heterocycles. The van der Waals surface area contributed by atoms with Gasteiger partial charge in [0.1, 0.15) is 17.2 Å². The van der Waals surface area contributed by atoms with Crippen LogP contribution in [0.3, 0.4) is 0 Å². The Labute approximate surface area is 105 Å². The van der Waals surface area contributed by atoms with Crippen molar-refractivity contribution in [1.29, 1.82) is 0 Å². The highest BCUT2D eigenvalue weighted by Gasteiger charge is 2.26. The molecule has 0 saturated heterocycles. The van der Waals surface area contributed by atoms with Crippen LogP contribution in [-0.2, 0) is 5.60 Å². The van der Waals surface area contributed by atoms with E-state index in [1.165, 1.54) is 6.92 Å². The number of benzene rings is 2. The van der Waals surface area contributed by atoms with Crippen molar-refractivity contribution in [2.45, 2.75) is 19.4 Å². The first-order chi connectivity index (χ1) is 8.39. The van der Waals surface area contributed by atoms with Crippen LogP contribution in [0.15, 0.2) is 42.5 Å². The van der Waals surface area contributed by atoms with Crippen molar-refractivity contribution in [2.75, 3.05) is 0 Å². The van der Waals surface area contributed by atoms with Gasteiger partial charge in [-0.3, -0.25) is 0 Å². The predicted molar refractivity (Wildman–Crippen MR) is 66.2 cm³/mol. The zero-order valence-electron chi connectivity index (χ0n) is 10.2. The van der Waals surface area contributed by atoms with E-state index in [9.17, 15) is 13.9 Å². The zero-order valence-corrected chi connectivity index (χ0v) is 10.2. The molecule has 2 aromatic rings. The molecule has 0 saturated carbocycles. The van der Waals surface area contributed by atoms with Crippen LogP contribution in [0.25, 0.3) is 0 Å². The summed E-state index contributed by atoms with van der Waals surface area (Å²) in [6.45, 7) is 3.42. The maximum Gasteiger partial charge on any atom is 0.126 e. The van der Waals surface area contributed by atoms with Crippen molar-refractivity contribution in [3.05, 3.63) is 70.8 Å². The number of hydrogen-bond acceptors (Lipinski definition) is 1. The van der Waals surface area contributed by atoms with Crippen LogP contribution < -0.4 is 0 Å². The third kappa shape index (κ3) is 2.41. The Kier molecular flexibility index (Phi) is 3.18. The third-order valence-corrected chi connectivity index (χ3v) is 3.00. The fraction of sp³-hybridized carbons (Fsp3) is 0.200. The minimum absolute atomic E-state index is 0.200. The molecule has 94 valence electrons. The third-order valence-electron chi connectivity index (χ3n) is 3.00. The van der Waals surface area contributed by atoms with E-state index < -0.39 is 17.2 Å². The van der Waals surface area contributed by atoms with Crippen molar-refractivity contribution >= 4 is 0 Å². The summed E-state index contributed by atoms with van der Waals surface area (Å²) >= 11 is 0.